The normalized spacial score (nSPS) is 18.8. The lowest BCUT2D eigenvalue weighted by molar-refractivity contribution is -0.122. The molecule has 1 N–H and O–H groups in total. The second-order valence-electron chi connectivity index (χ2n) is 2.98. The molecule has 0 aliphatic carbocycles. The number of rotatable bonds is 0. The van der Waals surface area contributed by atoms with E-state index in [1.807, 2.05) is 32.9 Å². The lowest BCUT2D eigenvalue weighted by Gasteiger charge is -2.20. The first-order valence-corrected chi connectivity index (χ1v) is 5.00. The van der Waals surface area contributed by atoms with Gasteiger partial charge in [-0.3, -0.25) is 9.78 Å². The lowest BCUT2D eigenvalue weighted by atomic mass is 9.95. The predicted octanol–water partition coefficient (Wildman–Crippen LogP) is 1.84. The molecule has 0 saturated heterocycles. The van der Waals surface area contributed by atoms with Crippen LogP contribution in [0.2, 0.25) is 0 Å². The number of carbonyl (C=O) groups excluding carboxylic acids is 1. The van der Waals surface area contributed by atoms with E-state index in [0.717, 1.165) is 11.3 Å². The van der Waals surface area contributed by atoms with E-state index in [0.29, 0.717) is 6.54 Å². The SMILES string of the molecule is CC.CC1C(=O)NCc2ncccc21. The van der Waals surface area contributed by atoms with Crippen LogP contribution in [0.1, 0.15) is 37.9 Å². The zero-order valence-corrected chi connectivity index (χ0v) is 8.87. The number of carbonyl (C=O) groups is 1. The summed E-state index contributed by atoms with van der Waals surface area (Å²) >= 11 is 0. The van der Waals surface area contributed by atoms with Crippen LogP contribution in [0.5, 0.6) is 0 Å². The van der Waals surface area contributed by atoms with Crippen molar-refractivity contribution in [2.75, 3.05) is 0 Å². The Morgan fingerprint density at radius 1 is 1.50 bits per heavy atom. The molecule has 0 bridgehead atoms. The zero-order chi connectivity index (χ0) is 10.6. The van der Waals surface area contributed by atoms with Crippen LogP contribution >= 0.6 is 0 Å². The van der Waals surface area contributed by atoms with Crippen molar-refractivity contribution >= 4 is 5.91 Å². The first kappa shape index (κ1) is 10.7. The van der Waals surface area contributed by atoms with Crippen molar-refractivity contribution in [3.63, 3.8) is 0 Å². The summed E-state index contributed by atoms with van der Waals surface area (Å²) in [5.41, 5.74) is 2.05. The van der Waals surface area contributed by atoms with E-state index in [-0.39, 0.29) is 11.8 Å². The van der Waals surface area contributed by atoms with Gasteiger partial charge in [0.2, 0.25) is 5.91 Å². The fraction of sp³-hybridized carbons (Fsp3) is 0.455. The average Bonchev–Trinajstić information content (AvgIpc) is 2.27. The summed E-state index contributed by atoms with van der Waals surface area (Å²) in [5.74, 6) is 0.0398. The van der Waals surface area contributed by atoms with Crippen molar-refractivity contribution in [2.24, 2.45) is 0 Å². The molecule has 1 aliphatic heterocycles. The Bertz CT molecular complexity index is 323. The van der Waals surface area contributed by atoms with Crippen molar-refractivity contribution in [1.29, 1.82) is 0 Å². The lowest BCUT2D eigenvalue weighted by Crippen LogP contribution is -2.33. The van der Waals surface area contributed by atoms with Gasteiger partial charge in [-0.05, 0) is 18.6 Å². The Balaban J connectivity index is 0.000000461. The summed E-state index contributed by atoms with van der Waals surface area (Å²) in [4.78, 5) is 15.4. The molecule has 3 heteroatoms. The van der Waals surface area contributed by atoms with Crippen LogP contribution in [0.25, 0.3) is 0 Å². The maximum Gasteiger partial charge on any atom is 0.227 e. The number of amides is 1. The van der Waals surface area contributed by atoms with Gasteiger partial charge in [0.25, 0.3) is 0 Å². The molecule has 1 amide bonds. The van der Waals surface area contributed by atoms with E-state index in [1.54, 1.807) is 6.20 Å². The minimum absolute atomic E-state index is 0.0533. The number of fused-ring (bicyclic) bond motifs is 1. The predicted molar refractivity (Wildman–Crippen MR) is 55.8 cm³/mol. The Morgan fingerprint density at radius 3 is 2.93 bits per heavy atom. The van der Waals surface area contributed by atoms with Crippen molar-refractivity contribution in [3.05, 3.63) is 29.6 Å². The molecule has 1 aromatic heterocycles. The van der Waals surface area contributed by atoms with Gasteiger partial charge >= 0.3 is 0 Å². The molecule has 1 aliphatic rings. The van der Waals surface area contributed by atoms with E-state index in [1.165, 1.54) is 0 Å². The van der Waals surface area contributed by atoms with Gasteiger partial charge in [-0.15, -0.1) is 0 Å². The molecular formula is C11H16N2O. The Hall–Kier alpha value is -1.38. The van der Waals surface area contributed by atoms with Gasteiger partial charge in [0.05, 0.1) is 18.2 Å². The van der Waals surface area contributed by atoms with Gasteiger partial charge in [0.15, 0.2) is 0 Å². The zero-order valence-electron chi connectivity index (χ0n) is 8.87. The molecule has 3 nitrogen and oxygen atoms in total. The summed E-state index contributed by atoms with van der Waals surface area (Å²) in [7, 11) is 0. The Kier molecular flexibility index (Phi) is 3.63. The smallest absolute Gasteiger partial charge is 0.227 e. The molecule has 0 fully saturated rings. The quantitative estimate of drug-likeness (QED) is 0.681. The molecule has 1 unspecified atom stereocenters. The Labute approximate surface area is 84.6 Å². The average molecular weight is 192 g/mol. The van der Waals surface area contributed by atoms with E-state index in [2.05, 4.69) is 10.3 Å². The van der Waals surface area contributed by atoms with Crippen LogP contribution in [-0.2, 0) is 11.3 Å². The van der Waals surface area contributed by atoms with Gasteiger partial charge in [-0.2, -0.15) is 0 Å². The van der Waals surface area contributed by atoms with Gasteiger partial charge < -0.3 is 5.32 Å². The highest BCUT2D eigenvalue weighted by Gasteiger charge is 2.23. The molecular weight excluding hydrogens is 176 g/mol. The summed E-state index contributed by atoms with van der Waals surface area (Å²) in [6, 6.07) is 3.83. The molecule has 0 radical (unpaired) electrons. The molecule has 0 saturated carbocycles. The number of aromatic nitrogens is 1. The fourth-order valence-corrected chi connectivity index (χ4v) is 1.46. The molecule has 1 atom stereocenters. The highest BCUT2D eigenvalue weighted by atomic mass is 16.1. The van der Waals surface area contributed by atoms with E-state index >= 15 is 0 Å². The first-order valence-electron chi connectivity index (χ1n) is 5.00. The number of hydrogen-bond donors (Lipinski definition) is 1. The summed E-state index contributed by atoms with van der Waals surface area (Å²) in [6.07, 6.45) is 1.75. The molecule has 2 rings (SSSR count). The van der Waals surface area contributed by atoms with Gasteiger partial charge in [-0.25, -0.2) is 0 Å². The number of hydrogen-bond acceptors (Lipinski definition) is 2. The molecule has 14 heavy (non-hydrogen) atoms. The standard InChI is InChI=1S/C9H10N2O.C2H6/c1-6-7-3-2-4-10-8(7)5-11-9(6)12;1-2/h2-4,6H,5H2,1H3,(H,11,12);1-2H3. The number of nitrogens with one attached hydrogen (secondary N) is 1. The van der Waals surface area contributed by atoms with Crippen LogP contribution < -0.4 is 5.32 Å². The van der Waals surface area contributed by atoms with E-state index < -0.39 is 0 Å². The minimum Gasteiger partial charge on any atom is -0.350 e. The molecule has 0 spiro atoms. The third kappa shape index (κ3) is 1.92. The molecule has 0 aromatic carbocycles. The number of nitrogens with zero attached hydrogens (tertiary/aromatic N) is 1. The van der Waals surface area contributed by atoms with Crippen molar-refractivity contribution < 1.29 is 4.79 Å². The fourth-order valence-electron chi connectivity index (χ4n) is 1.46. The third-order valence-corrected chi connectivity index (χ3v) is 2.22. The largest absolute Gasteiger partial charge is 0.350 e. The van der Waals surface area contributed by atoms with E-state index in [9.17, 15) is 4.79 Å². The molecule has 76 valence electrons. The van der Waals surface area contributed by atoms with Crippen LogP contribution in [0.3, 0.4) is 0 Å². The third-order valence-electron chi connectivity index (χ3n) is 2.22. The van der Waals surface area contributed by atoms with Crippen molar-refractivity contribution in [1.82, 2.24) is 10.3 Å². The molecule has 2 heterocycles. The van der Waals surface area contributed by atoms with Gasteiger partial charge in [0.1, 0.15) is 0 Å². The monoisotopic (exact) mass is 192 g/mol. The minimum atomic E-state index is -0.0533. The van der Waals surface area contributed by atoms with Crippen LogP contribution in [0.15, 0.2) is 18.3 Å². The second kappa shape index (κ2) is 4.74. The summed E-state index contributed by atoms with van der Waals surface area (Å²) in [6.45, 7) is 6.47. The summed E-state index contributed by atoms with van der Waals surface area (Å²) < 4.78 is 0. The molecule has 1 aromatic rings. The highest BCUT2D eigenvalue weighted by molar-refractivity contribution is 5.84. The van der Waals surface area contributed by atoms with E-state index in [4.69, 9.17) is 0 Å². The van der Waals surface area contributed by atoms with Gasteiger partial charge in [-0.1, -0.05) is 19.9 Å². The van der Waals surface area contributed by atoms with Crippen LogP contribution in [-0.4, -0.2) is 10.9 Å². The maximum absolute atomic E-state index is 11.2. The maximum atomic E-state index is 11.2. The topological polar surface area (TPSA) is 42.0 Å². The summed E-state index contributed by atoms with van der Waals surface area (Å²) in [5, 5.41) is 2.79. The highest BCUT2D eigenvalue weighted by Crippen LogP contribution is 2.21. The van der Waals surface area contributed by atoms with Crippen molar-refractivity contribution in [2.45, 2.75) is 33.2 Å². The van der Waals surface area contributed by atoms with Gasteiger partial charge in [0, 0.05) is 6.20 Å². The first-order chi connectivity index (χ1) is 6.79. The van der Waals surface area contributed by atoms with Crippen LogP contribution in [0.4, 0.5) is 0 Å². The number of pyridine rings is 1. The Morgan fingerprint density at radius 2 is 2.21 bits per heavy atom. The van der Waals surface area contributed by atoms with Crippen molar-refractivity contribution in [3.8, 4) is 0 Å². The van der Waals surface area contributed by atoms with Crippen LogP contribution in [0, 0.1) is 0 Å². The second-order valence-corrected chi connectivity index (χ2v) is 2.98.